The Morgan fingerprint density at radius 2 is 2.25 bits per heavy atom. The molecule has 0 amide bonds. The molecule has 0 aliphatic carbocycles. The summed E-state index contributed by atoms with van der Waals surface area (Å²) in [6.45, 7) is 4.81. The summed E-state index contributed by atoms with van der Waals surface area (Å²) in [6, 6.07) is 8.14. The van der Waals surface area contributed by atoms with Crippen LogP contribution in [0.15, 0.2) is 36.4 Å². The predicted octanol–water partition coefficient (Wildman–Crippen LogP) is 2.86. The Bertz CT molecular complexity index is 383. The van der Waals surface area contributed by atoms with Gasteiger partial charge in [-0.25, -0.2) is 4.79 Å². The predicted molar refractivity (Wildman–Crippen MR) is 65.8 cm³/mol. The molecule has 0 aliphatic rings. The summed E-state index contributed by atoms with van der Waals surface area (Å²) in [5, 5.41) is 11.6. The van der Waals surface area contributed by atoms with Gasteiger partial charge in [-0.05, 0) is 23.6 Å². The Morgan fingerprint density at radius 3 is 2.88 bits per heavy atom. The monoisotopic (exact) mass is 219 g/mol. The van der Waals surface area contributed by atoms with Gasteiger partial charge in [-0.2, -0.15) is 0 Å². The van der Waals surface area contributed by atoms with E-state index in [0.717, 1.165) is 11.8 Å². The molecule has 2 N–H and O–H groups in total. The summed E-state index contributed by atoms with van der Waals surface area (Å²) in [6.07, 6.45) is 2.73. The van der Waals surface area contributed by atoms with Crippen molar-refractivity contribution in [3.05, 3.63) is 42.0 Å². The second kappa shape index (κ2) is 5.95. The van der Waals surface area contributed by atoms with Crippen molar-refractivity contribution >= 4 is 11.7 Å². The van der Waals surface area contributed by atoms with Gasteiger partial charge in [0.05, 0.1) is 0 Å². The Balaban J connectivity index is 2.54. The van der Waals surface area contributed by atoms with Crippen LogP contribution in [0.25, 0.3) is 0 Å². The molecule has 0 aliphatic heterocycles. The highest BCUT2D eigenvalue weighted by Gasteiger charge is 1.98. The Hall–Kier alpha value is -1.77. The summed E-state index contributed by atoms with van der Waals surface area (Å²) in [4.78, 5) is 10.2. The van der Waals surface area contributed by atoms with Gasteiger partial charge in [0.2, 0.25) is 0 Å². The third-order valence-corrected chi connectivity index (χ3v) is 2.24. The van der Waals surface area contributed by atoms with E-state index in [-0.39, 0.29) is 0 Å². The number of anilines is 1. The molecule has 3 heteroatoms. The van der Waals surface area contributed by atoms with Crippen LogP contribution in [0.1, 0.15) is 25.3 Å². The van der Waals surface area contributed by atoms with Crippen molar-refractivity contribution in [2.24, 2.45) is 0 Å². The maximum Gasteiger partial charge on any atom is 0.328 e. The second-order valence-corrected chi connectivity index (χ2v) is 3.90. The molecule has 0 radical (unpaired) electrons. The summed E-state index contributed by atoms with van der Waals surface area (Å²) in [5.41, 5.74) is 2.29. The molecule has 0 unspecified atom stereocenters. The molecule has 86 valence electrons. The molecule has 16 heavy (non-hydrogen) atoms. The lowest BCUT2D eigenvalue weighted by atomic mass is 10.0. The highest BCUT2D eigenvalue weighted by atomic mass is 16.4. The van der Waals surface area contributed by atoms with E-state index in [1.807, 2.05) is 12.1 Å². The lowest BCUT2D eigenvalue weighted by Crippen LogP contribution is -2.00. The molecular formula is C13H17NO2. The van der Waals surface area contributed by atoms with Crippen molar-refractivity contribution < 1.29 is 9.90 Å². The first kappa shape index (κ1) is 12.3. The third-order valence-electron chi connectivity index (χ3n) is 2.24. The maximum absolute atomic E-state index is 10.2. The van der Waals surface area contributed by atoms with Crippen LogP contribution in [0.2, 0.25) is 0 Å². The first-order valence-electron chi connectivity index (χ1n) is 5.33. The van der Waals surface area contributed by atoms with E-state index < -0.39 is 5.97 Å². The highest BCUT2D eigenvalue weighted by Crippen LogP contribution is 2.18. The molecular weight excluding hydrogens is 202 g/mol. The van der Waals surface area contributed by atoms with Crippen LogP contribution in [-0.2, 0) is 4.79 Å². The van der Waals surface area contributed by atoms with Gasteiger partial charge in [0.1, 0.15) is 0 Å². The SMILES string of the molecule is CC(C)c1cccc(NC/C=C/C(=O)O)c1. The van der Waals surface area contributed by atoms with Crippen LogP contribution in [0.5, 0.6) is 0 Å². The van der Waals surface area contributed by atoms with Crippen molar-refractivity contribution in [2.75, 3.05) is 11.9 Å². The van der Waals surface area contributed by atoms with Gasteiger partial charge in [-0.1, -0.05) is 32.1 Å². The normalized spacial score (nSPS) is 10.9. The quantitative estimate of drug-likeness (QED) is 0.749. The van der Waals surface area contributed by atoms with E-state index in [0.29, 0.717) is 12.5 Å². The van der Waals surface area contributed by atoms with E-state index in [4.69, 9.17) is 5.11 Å². The minimum atomic E-state index is -0.919. The summed E-state index contributed by atoms with van der Waals surface area (Å²) in [5.74, 6) is -0.422. The smallest absolute Gasteiger partial charge is 0.328 e. The average molecular weight is 219 g/mol. The maximum atomic E-state index is 10.2. The number of rotatable bonds is 5. The van der Waals surface area contributed by atoms with Gasteiger partial charge in [0.15, 0.2) is 0 Å². The lowest BCUT2D eigenvalue weighted by molar-refractivity contribution is -0.131. The largest absolute Gasteiger partial charge is 0.478 e. The molecule has 1 aromatic rings. The molecule has 0 spiro atoms. The molecule has 0 heterocycles. The van der Waals surface area contributed by atoms with E-state index in [2.05, 4.69) is 31.3 Å². The minimum Gasteiger partial charge on any atom is -0.478 e. The lowest BCUT2D eigenvalue weighted by Gasteiger charge is -2.08. The average Bonchev–Trinajstić information content (AvgIpc) is 2.24. The Morgan fingerprint density at radius 1 is 1.50 bits per heavy atom. The van der Waals surface area contributed by atoms with Crippen LogP contribution in [0, 0.1) is 0 Å². The van der Waals surface area contributed by atoms with Crippen molar-refractivity contribution in [3.63, 3.8) is 0 Å². The summed E-state index contributed by atoms with van der Waals surface area (Å²) in [7, 11) is 0. The van der Waals surface area contributed by atoms with Gasteiger partial charge in [0, 0.05) is 18.3 Å². The fourth-order valence-corrected chi connectivity index (χ4v) is 1.34. The number of hydrogen-bond donors (Lipinski definition) is 2. The zero-order valence-electron chi connectivity index (χ0n) is 9.60. The van der Waals surface area contributed by atoms with Gasteiger partial charge in [-0.3, -0.25) is 0 Å². The van der Waals surface area contributed by atoms with Crippen molar-refractivity contribution in [2.45, 2.75) is 19.8 Å². The zero-order chi connectivity index (χ0) is 12.0. The van der Waals surface area contributed by atoms with E-state index >= 15 is 0 Å². The van der Waals surface area contributed by atoms with Crippen LogP contribution >= 0.6 is 0 Å². The molecule has 0 aromatic heterocycles. The van der Waals surface area contributed by atoms with Gasteiger partial charge in [-0.15, -0.1) is 0 Å². The molecule has 0 fully saturated rings. The number of hydrogen-bond acceptors (Lipinski definition) is 2. The van der Waals surface area contributed by atoms with Crippen LogP contribution in [0.4, 0.5) is 5.69 Å². The molecule has 0 saturated carbocycles. The summed E-state index contributed by atoms with van der Waals surface area (Å²) >= 11 is 0. The van der Waals surface area contributed by atoms with Gasteiger partial charge < -0.3 is 10.4 Å². The fourth-order valence-electron chi connectivity index (χ4n) is 1.34. The number of benzene rings is 1. The van der Waals surface area contributed by atoms with Crippen molar-refractivity contribution in [1.29, 1.82) is 0 Å². The minimum absolute atomic E-state index is 0.497. The fraction of sp³-hybridized carbons (Fsp3) is 0.308. The molecule has 0 bridgehead atoms. The van der Waals surface area contributed by atoms with Crippen molar-refractivity contribution in [1.82, 2.24) is 0 Å². The van der Waals surface area contributed by atoms with E-state index in [1.54, 1.807) is 6.08 Å². The Labute approximate surface area is 95.8 Å². The molecule has 1 aromatic carbocycles. The number of nitrogens with one attached hydrogen (secondary N) is 1. The topological polar surface area (TPSA) is 49.3 Å². The number of aliphatic carboxylic acids is 1. The van der Waals surface area contributed by atoms with E-state index in [9.17, 15) is 4.79 Å². The van der Waals surface area contributed by atoms with Crippen LogP contribution in [0.3, 0.4) is 0 Å². The first-order valence-corrected chi connectivity index (χ1v) is 5.33. The summed E-state index contributed by atoms with van der Waals surface area (Å²) < 4.78 is 0. The molecule has 0 saturated heterocycles. The van der Waals surface area contributed by atoms with Crippen LogP contribution < -0.4 is 5.32 Å². The van der Waals surface area contributed by atoms with E-state index in [1.165, 1.54) is 5.56 Å². The van der Waals surface area contributed by atoms with Gasteiger partial charge >= 0.3 is 5.97 Å². The second-order valence-electron chi connectivity index (χ2n) is 3.90. The third kappa shape index (κ3) is 4.17. The molecule has 1 rings (SSSR count). The van der Waals surface area contributed by atoms with Crippen LogP contribution in [-0.4, -0.2) is 17.6 Å². The molecule has 0 atom stereocenters. The highest BCUT2D eigenvalue weighted by molar-refractivity contribution is 5.79. The van der Waals surface area contributed by atoms with Gasteiger partial charge in [0.25, 0.3) is 0 Å². The standard InChI is InChI=1S/C13H17NO2/c1-10(2)11-5-3-6-12(9-11)14-8-4-7-13(15)16/h3-7,9-10,14H,8H2,1-2H3,(H,15,16)/b7-4+. The number of carboxylic acids is 1. The Kier molecular flexibility index (Phi) is 4.58. The first-order chi connectivity index (χ1) is 7.59. The number of carboxylic acid groups (broad SMARTS) is 1. The zero-order valence-corrected chi connectivity index (χ0v) is 9.60. The number of carbonyl (C=O) groups is 1. The molecule has 3 nitrogen and oxygen atoms in total. The van der Waals surface area contributed by atoms with Crippen molar-refractivity contribution in [3.8, 4) is 0 Å².